The first-order valence-electron chi connectivity index (χ1n) is 59.9. The molecule has 0 aromatic heterocycles. The fraction of sp³-hybridized carbons (Fsp3) is 1.00. The van der Waals surface area contributed by atoms with E-state index in [0.717, 1.165) is 0 Å². The van der Waals surface area contributed by atoms with Gasteiger partial charge in [-0.3, -0.25) is 4.57 Å². The highest BCUT2D eigenvalue weighted by atomic mass is 31.2. The van der Waals surface area contributed by atoms with Crippen LogP contribution in [0.25, 0.3) is 0 Å². The number of phosphoric acid groups is 2. The van der Waals surface area contributed by atoms with Crippen molar-refractivity contribution in [3.63, 3.8) is 0 Å². The summed E-state index contributed by atoms with van der Waals surface area (Å²) in [6, 6.07) is 0. The van der Waals surface area contributed by atoms with E-state index in [2.05, 4.69) is 76.1 Å². The minimum atomic E-state index is -4.68. The van der Waals surface area contributed by atoms with Crippen LogP contribution in [-0.4, -0.2) is 79.7 Å². The lowest BCUT2D eigenvalue weighted by molar-refractivity contribution is -0.900. The van der Waals surface area contributed by atoms with Crippen LogP contribution < -0.4 is 29.4 Å². The summed E-state index contributed by atoms with van der Waals surface area (Å²) in [6.07, 6.45) is 135. The Morgan fingerprint density at radius 1 is 0.155 bits per heavy atom. The molecule has 0 aromatic rings. The molecule has 0 unspecified atom stereocenters. The Morgan fingerprint density at radius 2 is 0.264 bits per heavy atom. The van der Waals surface area contributed by atoms with Crippen molar-refractivity contribution in [3.8, 4) is 0 Å². The van der Waals surface area contributed by atoms with Gasteiger partial charge < -0.3 is 47.5 Å². The summed E-state index contributed by atoms with van der Waals surface area (Å²) in [5, 5.41) is 0. The van der Waals surface area contributed by atoms with Gasteiger partial charge in [-0.05, 0) is 109 Å². The van der Waals surface area contributed by atoms with Crippen molar-refractivity contribution >= 4 is 15.6 Å². The van der Waals surface area contributed by atoms with E-state index in [1.165, 1.54) is 630 Å². The standard InChI is InChI=1S/C45H93N.2C31H65N.C6H15O4P.C3H9O4P/c1-4-7-10-13-16-19-22-25-28-31-34-37-40-43-46(44-41-38-35-32-29-26-23-20-17-14-11-8-5-2)45-42-39-36-33-30-27-24-21-18-15-12-9-6-3;2*1-4-6-8-10-12-14-16-18-20-22-24-26-28-30-32(3)31-29-27-25-23-21-19-17-15-13-11-9-7-5-2;1-3-5-9-11(7,8)10-6-4-2;1-2-3-7-8(4,5)6/h4-45H2,1-3H3;2*4-31H2,1-3H3;3-6H2,1-2H3,(H,7,8);2-3H2,1H3,(H2,4,5,6). The van der Waals surface area contributed by atoms with E-state index in [-0.39, 0.29) is 19.8 Å². The van der Waals surface area contributed by atoms with Crippen molar-refractivity contribution in [2.24, 2.45) is 0 Å². The van der Waals surface area contributed by atoms with E-state index >= 15 is 0 Å². The zero-order chi connectivity index (χ0) is 95.4. The number of quaternary nitrogens is 3. The van der Waals surface area contributed by atoms with Gasteiger partial charge >= 0.3 is 0 Å². The summed E-state index contributed by atoms with van der Waals surface area (Å²) in [6.45, 7) is 31.9. The Morgan fingerprint density at radius 3 is 0.372 bits per heavy atom. The highest BCUT2D eigenvalue weighted by molar-refractivity contribution is 7.45. The summed E-state index contributed by atoms with van der Waals surface area (Å²) >= 11 is 0. The highest BCUT2D eigenvalue weighted by Gasteiger charge is 2.12. The predicted octanol–water partition coefficient (Wildman–Crippen LogP) is 35.1. The third kappa shape index (κ3) is 141. The molecule has 0 radical (unpaired) electrons. The van der Waals surface area contributed by atoms with Gasteiger partial charge in [-0.15, -0.1) is 0 Å². The summed E-state index contributed by atoms with van der Waals surface area (Å²) in [7, 11) is -3.82. The van der Waals surface area contributed by atoms with Gasteiger partial charge in [-0.2, -0.15) is 0 Å². The van der Waals surface area contributed by atoms with E-state index < -0.39 is 15.6 Å². The van der Waals surface area contributed by atoms with Crippen LogP contribution in [0.3, 0.4) is 0 Å². The van der Waals surface area contributed by atoms with Crippen LogP contribution >= 0.6 is 15.6 Å². The van der Waals surface area contributed by atoms with Gasteiger partial charge in [-0.1, -0.05) is 564 Å². The molecule has 0 aliphatic rings. The Labute approximate surface area is 815 Å². The molecule has 0 saturated carbocycles. The third-order valence-electron chi connectivity index (χ3n) is 27.1. The molecule has 0 aromatic carbocycles. The molecular formula is C116H247N3O8P2. The number of hydrogen-bond acceptors (Lipinski definition) is 8. The molecular weight excluding hydrogens is 1630 g/mol. The van der Waals surface area contributed by atoms with Crippen LogP contribution in [-0.2, 0) is 22.7 Å². The number of hydrogen-bond donors (Lipinski definition) is 3. The molecule has 0 amide bonds. The monoisotopic (exact) mass is 1870 g/mol. The molecule has 0 atom stereocenters. The zero-order valence-corrected chi connectivity index (χ0v) is 93.0. The zero-order valence-electron chi connectivity index (χ0n) is 91.2. The van der Waals surface area contributed by atoms with Crippen molar-refractivity contribution in [1.29, 1.82) is 0 Å². The van der Waals surface area contributed by atoms with Crippen molar-refractivity contribution in [1.82, 2.24) is 0 Å². The van der Waals surface area contributed by atoms with E-state index in [4.69, 9.17) is 0 Å². The molecule has 0 bridgehead atoms. The molecule has 784 valence electrons. The van der Waals surface area contributed by atoms with Gasteiger partial charge in [0, 0.05) is 0 Å². The van der Waals surface area contributed by atoms with Crippen molar-refractivity contribution in [3.05, 3.63) is 0 Å². The van der Waals surface area contributed by atoms with Crippen LogP contribution in [0.2, 0.25) is 0 Å². The molecule has 0 spiro atoms. The number of phosphoric ester groups is 2. The van der Waals surface area contributed by atoms with Gasteiger partial charge in [0.15, 0.2) is 0 Å². The Hall–Kier alpha value is 0.100. The van der Waals surface area contributed by atoms with Crippen molar-refractivity contribution < 1.29 is 52.1 Å². The molecule has 129 heavy (non-hydrogen) atoms. The molecule has 11 nitrogen and oxygen atoms in total. The molecule has 0 aliphatic carbocycles. The quantitative estimate of drug-likeness (QED) is 0.0403. The average Bonchev–Trinajstić information content (AvgIpc) is 0.940. The first-order valence-corrected chi connectivity index (χ1v) is 62.8. The van der Waals surface area contributed by atoms with Gasteiger partial charge in [0.25, 0.3) is 7.82 Å². The number of nitrogens with one attached hydrogen (secondary N) is 3. The minimum absolute atomic E-state index is 0.00965. The Bertz CT molecular complexity index is 1780. The summed E-state index contributed by atoms with van der Waals surface area (Å²) in [5.74, 6) is 0. The maximum atomic E-state index is 10.7. The first kappa shape index (κ1) is 138. The first-order chi connectivity index (χ1) is 63.1. The van der Waals surface area contributed by atoms with Gasteiger partial charge in [0.1, 0.15) is 0 Å². The second kappa shape index (κ2) is 126. The topological polar surface area (TPSA) is 144 Å². The van der Waals surface area contributed by atoms with Crippen LogP contribution in [0.4, 0.5) is 0 Å². The lowest BCUT2D eigenvalue weighted by Gasteiger charge is -2.28. The lowest BCUT2D eigenvalue weighted by atomic mass is 10.0. The molecule has 0 saturated heterocycles. The van der Waals surface area contributed by atoms with Crippen LogP contribution in [0.5, 0.6) is 0 Å². The normalized spacial score (nSPS) is 11.7. The van der Waals surface area contributed by atoms with E-state index in [1.54, 1.807) is 16.7 Å². The smallest absolute Gasteiger partial charge is 0.267 e. The minimum Gasteiger partial charge on any atom is -0.790 e. The largest absolute Gasteiger partial charge is 0.790 e. The van der Waals surface area contributed by atoms with Gasteiger partial charge in [0.05, 0.1) is 87.6 Å². The maximum Gasteiger partial charge on any atom is 0.267 e. The van der Waals surface area contributed by atoms with E-state index in [9.17, 15) is 23.8 Å². The number of rotatable bonds is 107. The van der Waals surface area contributed by atoms with Crippen LogP contribution in [0.15, 0.2) is 0 Å². The Kier molecular flexibility index (Phi) is 134. The summed E-state index contributed by atoms with van der Waals surface area (Å²) in [4.78, 5) is 35.5. The van der Waals surface area contributed by atoms with Gasteiger partial charge in [-0.25, -0.2) is 0 Å². The predicted molar refractivity (Wildman–Crippen MR) is 573 cm³/mol. The molecule has 0 aliphatic heterocycles. The van der Waals surface area contributed by atoms with Gasteiger partial charge in [0.2, 0.25) is 0 Å². The molecule has 0 heterocycles. The summed E-state index contributed by atoms with van der Waals surface area (Å²) in [5.41, 5.74) is 0. The average molecular weight is 1870 g/mol. The second-order valence-electron chi connectivity index (χ2n) is 41.0. The van der Waals surface area contributed by atoms with Crippen LogP contribution in [0, 0.1) is 0 Å². The summed E-state index contributed by atoms with van der Waals surface area (Å²) < 4.78 is 33.1. The molecule has 3 N–H and O–H groups in total. The Balaban J connectivity index is -0.000000547. The molecule has 0 fully saturated rings. The van der Waals surface area contributed by atoms with Crippen LogP contribution in [0.1, 0.15) is 673 Å². The lowest BCUT2D eigenvalue weighted by Crippen LogP contribution is -3.12. The molecule has 13 heteroatoms. The fourth-order valence-electron chi connectivity index (χ4n) is 18.2. The third-order valence-corrected chi connectivity index (χ3v) is 28.6. The van der Waals surface area contributed by atoms with Crippen molar-refractivity contribution in [2.75, 3.05) is 79.7 Å². The molecule has 0 rings (SSSR count). The SMILES string of the molecule is CCCCCCCCCCCCCCC[NH+](C)CCCCCCCCCCCCCCC.CCCCCCCCCCCCCCC[NH+](C)CCCCCCCCCCCCCCC.CCCCCCCCCCCCCCC[NH+](CCCCCCCCCCCCCCC)CCCCCCCCCCCCCCC.CCCOP(=O)([O-])OCCC.CCCOP(=O)([O-])[O-]. The van der Waals surface area contributed by atoms with Crippen molar-refractivity contribution in [2.45, 2.75) is 673 Å². The number of unbranched alkanes of at least 4 members (excludes halogenated alkanes) is 84. The maximum absolute atomic E-state index is 10.7. The van der Waals surface area contributed by atoms with E-state index in [0.29, 0.717) is 19.3 Å². The highest BCUT2D eigenvalue weighted by Crippen LogP contribution is 2.38. The second-order valence-corrected chi connectivity index (χ2v) is 43.6. The fourth-order valence-corrected chi connectivity index (χ4v) is 19.5. The van der Waals surface area contributed by atoms with E-state index in [1.807, 2.05) is 18.7 Å².